The average Bonchev–Trinajstić information content (AvgIpc) is 2.90. The molecule has 1 aromatic rings. The van der Waals surface area contributed by atoms with Gasteiger partial charge in [-0.15, -0.1) is 0 Å². The van der Waals surface area contributed by atoms with Crippen molar-refractivity contribution in [1.82, 2.24) is 10.2 Å². The highest BCUT2D eigenvalue weighted by molar-refractivity contribution is 7.80. The zero-order valence-corrected chi connectivity index (χ0v) is 14.1. The number of benzene rings is 1. The van der Waals surface area contributed by atoms with Crippen LogP contribution in [0.4, 0.5) is 11.4 Å². The van der Waals surface area contributed by atoms with Gasteiger partial charge in [0.05, 0.1) is 0 Å². The quantitative estimate of drug-likeness (QED) is 0.620. The fourth-order valence-corrected chi connectivity index (χ4v) is 2.67. The van der Waals surface area contributed by atoms with Gasteiger partial charge in [-0.2, -0.15) is 0 Å². The first-order chi connectivity index (χ1) is 10.6. The van der Waals surface area contributed by atoms with Crippen molar-refractivity contribution < 1.29 is 4.79 Å². The van der Waals surface area contributed by atoms with Crippen molar-refractivity contribution in [2.24, 2.45) is 0 Å². The highest BCUT2D eigenvalue weighted by Crippen LogP contribution is 2.24. The van der Waals surface area contributed by atoms with Gasteiger partial charge >= 0.3 is 0 Å². The Hall–Kier alpha value is -1.66. The zero-order valence-electron chi connectivity index (χ0n) is 13.3. The van der Waals surface area contributed by atoms with Gasteiger partial charge in [0.25, 0.3) is 0 Å². The molecule has 1 heterocycles. The van der Waals surface area contributed by atoms with E-state index >= 15 is 0 Å². The number of nitrogens with one attached hydrogen (secondary N) is 2. The third kappa shape index (κ3) is 4.96. The highest BCUT2D eigenvalue weighted by Gasteiger charge is 2.21. The fraction of sp³-hybridized carbons (Fsp3) is 0.500. The van der Waals surface area contributed by atoms with E-state index in [2.05, 4.69) is 29.6 Å². The summed E-state index contributed by atoms with van der Waals surface area (Å²) in [6.07, 6.45) is 2.61. The van der Waals surface area contributed by atoms with Crippen LogP contribution in [0.15, 0.2) is 24.3 Å². The monoisotopic (exact) mass is 320 g/mol. The number of amides is 1. The molecule has 6 heteroatoms. The molecule has 0 saturated carbocycles. The van der Waals surface area contributed by atoms with Gasteiger partial charge < -0.3 is 20.4 Å². The molecule has 0 aromatic heterocycles. The van der Waals surface area contributed by atoms with Crippen LogP contribution in [0.5, 0.6) is 0 Å². The average molecular weight is 320 g/mol. The number of rotatable bonds is 6. The first-order valence-electron chi connectivity index (χ1n) is 7.66. The van der Waals surface area contributed by atoms with E-state index in [1.54, 1.807) is 0 Å². The summed E-state index contributed by atoms with van der Waals surface area (Å²) in [5, 5.41) is 6.99. The minimum Gasteiger partial charge on any atom is -0.362 e. The Morgan fingerprint density at radius 2 is 2.23 bits per heavy atom. The van der Waals surface area contributed by atoms with E-state index in [9.17, 15) is 4.79 Å². The summed E-state index contributed by atoms with van der Waals surface area (Å²) in [5.41, 5.74) is 1.84. The molecule has 1 saturated heterocycles. The van der Waals surface area contributed by atoms with Crippen LogP contribution in [0.1, 0.15) is 19.3 Å². The summed E-state index contributed by atoms with van der Waals surface area (Å²) in [6, 6.07) is 7.83. The number of carbonyl (C=O) groups excluding carboxylic acids is 1. The molecule has 1 aliphatic heterocycles. The minimum absolute atomic E-state index is 0.196. The SMILES string of the molecule is CN(C)CCCNC(=S)Nc1cccc(N2CCCC2=O)c1. The molecule has 120 valence electrons. The van der Waals surface area contributed by atoms with Crippen molar-refractivity contribution in [2.45, 2.75) is 19.3 Å². The Morgan fingerprint density at radius 1 is 1.41 bits per heavy atom. The van der Waals surface area contributed by atoms with Crippen LogP contribution in [-0.4, -0.2) is 49.6 Å². The first kappa shape index (κ1) is 16.7. The molecule has 22 heavy (non-hydrogen) atoms. The standard InChI is InChI=1S/C16H24N4OS/c1-19(2)10-5-9-17-16(22)18-13-6-3-7-14(12-13)20-11-4-8-15(20)21/h3,6-7,12H,4-5,8-11H2,1-2H3,(H2,17,18,22). The number of hydrogen-bond acceptors (Lipinski definition) is 3. The lowest BCUT2D eigenvalue weighted by molar-refractivity contribution is -0.117. The van der Waals surface area contributed by atoms with Crippen LogP contribution in [0, 0.1) is 0 Å². The molecule has 1 fully saturated rings. The van der Waals surface area contributed by atoms with Gasteiger partial charge in [-0.1, -0.05) is 6.07 Å². The second kappa shape index (κ2) is 8.10. The summed E-state index contributed by atoms with van der Waals surface area (Å²) in [7, 11) is 4.11. The van der Waals surface area contributed by atoms with Crippen LogP contribution in [0.2, 0.25) is 0 Å². The van der Waals surface area contributed by atoms with Crippen LogP contribution >= 0.6 is 12.2 Å². The molecule has 0 spiro atoms. The van der Waals surface area contributed by atoms with Gasteiger partial charge in [0.15, 0.2) is 5.11 Å². The molecule has 0 atom stereocenters. The van der Waals surface area contributed by atoms with E-state index in [0.29, 0.717) is 11.5 Å². The number of nitrogens with zero attached hydrogens (tertiary/aromatic N) is 2. The molecule has 1 aromatic carbocycles. The third-order valence-electron chi connectivity index (χ3n) is 3.56. The molecule has 0 aliphatic carbocycles. The van der Waals surface area contributed by atoms with Crippen LogP contribution < -0.4 is 15.5 Å². The Morgan fingerprint density at radius 3 is 2.91 bits per heavy atom. The molecule has 5 nitrogen and oxygen atoms in total. The maximum absolute atomic E-state index is 11.8. The van der Waals surface area contributed by atoms with E-state index < -0.39 is 0 Å². The minimum atomic E-state index is 0.196. The van der Waals surface area contributed by atoms with Gasteiger partial charge in [0.2, 0.25) is 5.91 Å². The van der Waals surface area contributed by atoms with E-state index in [4.69, 9.17) is 12.2 Å². The van der Waals surface area contributed by atoms with Gasteiger partial charge in [0, 0.05) is 30.9 Å². The summed E-state index contributed by atoms with van der Waals surface area (Å²) in [4.78, 5) is 15.8. The van der Waals surface area contributed by atoms with E-state index in [0.717, 1.165) is 43.9 Å². The number of anilines is 2. The van der Waals surface area contributed by atoms with Crippen molar-refractivity contribution in [1.29, 1.82) is 0 Å². The lowest BCUT2D eigenvalue weighted by Crippen LogP contribution is -2.31. The lowest BCUT2D eigenvalue weighted by atomic mass is 10.2. The fourth-order valence-electron chi connectivity index (χ4n) is 2.45. The molecular formula is C16H24N4OS. The van der Waals surface area contributed by atoms with Gasteiger partial charge in [-0.05, 0) is 63.9 Å². The Kier molecular flexibility index (Phi) is 6.15. The highest BCUT2D eigenvalue weighted by atomic mass is 32.1. The predicted molar refractivity (Wildman–Crippen MR) is 95.4 cm³/mol. The molecule has 0 bridgehead atoms. The molecule has 2 rings (SSSR count). The Labute approximate surface area is 137 Å². The van der Waals surface area contributed by atoms with Crippen LogP contribution in [-0.2, 0) is 4.79 Å². The largest absolute Gasteiger partial charge is 0.362 e. The second-order valence-electron chi connectivity index (χ2n) is 5.74. The zero-order chi connectivity index (χ0) is 15.9. The second-order valence-corrected chi connectivity index (χ2v) is 6.15. The number of thiocarbonyl (C=S) groups is 1. The smallest absolute Gasteiger partial charge is 0.227 e. The van der Waals surface area contributed by atoms with Gasteiger partial charge in [-0.3, -0.25) is 4.79 Å². The van der Waals surface area contributed by atoms with Gasteiger partial charge in [0.1, 0.15) is 0 Å². The van der Waals surface area contributed by atoms with E-state index in [1.807, 2.05) is 29.2 Å². The van der Waals surface area contributed by atoms with Crippen LogP contribution in [0.3, 0.4) is 0 Å². The van der Waals surface area contributed by atoms with Crippen LogP contribution in [0.25, 0.3) is 0 Å². The molecule has 0 radical (unpaired) electrons. The maximum atomic E-state index is 11.8. The van der Waals surface area contributed by atoms with Crippen molar-refractivity contribution in [3.63, 3.8) is 0 Å². The van der Waals surface area contributed by atoms with Crippen molar-refractivity contribution in [3.8, 4) is 0 Å². The van der Waals surface area contributed by atoms with E-state index in [1.165, 1.54) is 0 Å². The summed E-state index contributed by atoms with van der Waals surface area (Å²) in [5.74, 6) is 0.196. The Balaban J connectivity index is 1.85. The summed E-state index contributed by atoms with van der Waals surface area (Å²) >= 11 is 5.30. The topological polar surface area (TPSA) is 47.6 Å². The van der Waals surface area contributed by atoms with Crippen molar-refractivity contribution in [3.05, 3.63) is 24.3 Å². The Bertz CT molecular complexity index is 533. The molecule has 0 unspecified atom stereocenters. The third-order valence-corrected chi connectivity index (χ3v) is 3.80. The number of hydrogen-bond donors (Lipinski definition) is 2. The molecular weight excluding hydrogens is 296 g/mol. The number of carbonyl (C=O) groups is 1. The first-order valence-corrected chi connectivity index (χ1v) is 8.07. The summed E-state index contributed by atoms with van der Waals surface area (Å²) in [6.45, 7) is 2.67. The molecule has 2 N–H and O–H groups in total. The van der Waals surface area contributed by atoms with Crippen molar-refractivity contribution in [2.75, 3.05) is 43.9 Å². The van der Waals surface area contributed by atoms with E-state index in [-0.39, 0.29) is 5.91 Å². The summed E-state index contributed by atoms with van der Waals surface area (Å²) < 4.78 is 0. The normalized spacial score (nSPS) is 14.5. The van der Waals surface area contributed by atoms with Gasteiger partial charge in [-0.25, -0.2) is 0 Å². The molecule has 1 amide bonds. The van der Waals surface area contributed by atoms with Crippen molar-refractivity contribution >= 4 is 34.6 Å². The predicted octanol–water partition coefficient (Wildman–Crippen LogP) is 2.05. The lowest BCUT2D eigenvalue weighted by Gasteiger charge is -2.17. The maximum Gasteiger partial charge on any atom is 0.227 e. The molecule has 1 aliphatic rings.